The molecule has 0 radical (unpaired) electrons. The second-order valence-corrected chi connectivity index (χ2v) is 4.59. The molecule has 0 bridgehead atoms. The lowest BCUT2D eigenvalue weighted by Crippen LogP contribution is -1.77. The van der Waals surface area contributed by atoms with Gasteiger partial charge in [0.25, 0.3) is 0 Å². The van der Waals surface area contributed by atoms with Crippen molar-refractivity contribution in [3.63, 3.8) is 0 Å². The van der Waals surface area contributed by atoms with Crippen molar-refractivity contribution in [3.8, 4) is 0 Å². The maximum absolute atomic E-state index is 2.27. The Morgan fingerprint density at radius 3 is 1.78 bits per heavy atom. The Bertz CT molecular complexity index is 253. The van der Waals surface area contributed by atoms with Gasteiger partial charge in [-0.25, -0.2) is 0 Å². The molecule has 0 aliphatic rings. The van der Waals surface area contributed by atoms with Crippen molar-refractivity contribution in [2.45, 2.75) is 65.2 Å². The van der Waals surface area contributed by atoms with Gasteiger partial charge in [-0.15, -0.1) is 0 Å². The minimum absolute atomic E-state index is 1.10. The van der Waals surface area contributed by atoms with Gasteiger partial charge < -0.3 is 0 Å². The first-order valence-corrected chi connectivity index (χ1v) is 7.56. The summed E-state index contributed by atoms with van der Waals surface area (Å²) in [5, 5.41) is 0. The minimum atomic E-state index is 1.10. The molecule has 0 fully saturated rings. The van der Waals surface area contributed by atoms with Crippen molar-refractivity contribution in [1.29, 1.82) is 0 Å². The number of rotatable bonds is 11. The fourth-order valence-electron chi connectivity index (χ4n) is 1.69. The van der Waals surface area contributed by atoms with Crippen LogP contribution >= 0.6 is 0 Å². The molecule has 0 saturated carbocycles. The molecule has 0 aromatic heterocycles. The van der Waals surface area contributed by atoms with Gasteiger partial charge in [-0.3, -0.25) is 0 Å². The quantitative estimate of drug-likeness (QED) is 0.293. The lowest BCUT2D eigenvalue weighted by Gasteiger charge is -1.97. The molecule has 0 aliphatic carbocycles. The predicted molar refractivity (Wildman–Crippen MR) is 84.8 cm³/mol. The smallest absolute Gasteiger partial charge is 0.0348 e. The fraction of sp³-hybridized carbons (Fsp3) is 0.556. The van der Waals surface area contributed by atoms with Gasteiger partial charge in [0.1, 0.15) is 0 Å². The number of allylic oxidation sites excluding steroid dienone is 8. The highest BCUT2D eigenvalue weighted by molar-refractivity contribution is 5.15. The molecule has 0 amide bonds. The molecule has 0 N–H and O–H groups in total. The van der Waals surface area contributed by atoms with Gasteiger partial charge in [-0.2, -0.15) is 0 Å². The van der Waals surface area contributed by atoms with Gasteiger partial charge in [0.2, 0.25) is 0 Å². The zero-order valence-corrected chi connectivity index (χ0v) is 12.3. The topological polar surface area (TPSA) is 0 Å². The van der Waals surface area contributed by atoms with Crippen LogP contribution in [0, 0.1) is 0 Å². The van der Waals surface area contributed by atoms with Crippen LogP contribution in [0.1, 0.15) is 65.2 Å². The molecule has 0 saturated heterocycles. The van der Waals surface area contributed by atoms with E-state index < -0.39 is 0 Å². The van der Waals surface area contributed by atoms with E-state index in [1.165, 1.54) is 44.9 Å². The lowest BCUT2D eigenvalue weighted by molar-refractivity contribution is 0.611. The maximum Gasteiger partial charge on any atom is -0.0348 e. The normalized spacial score (nSPS) is 12.8. The van der Waals surface area contributed by atoms with E-state index in [-0.39, 0.29) is 0 Å². The van der Waals surface area contributed by atoms with E-state index in [1.54, 1.807) is 0 Å². The minimum Gasteiger partial charge on any atom is -0.0848 e. The maximum atomic E-state index is 2.27. The highest BCUT2D eigenvalue weighted by Crippen LogP contribution is 2.07. The zero-order chi connectivity index (χ0) is 13.3. The highest BCUT2D eigenvalue weighted by Gasteiger charge is 1.87. The Morgan fingerprint density at radius 2 is 1.11 bits per heavy atom. The Balaban J connectivity index is 3.34. The molecule has 0 nitrogen and oxygen atoms in total. The molecule has 0 rings (SSSR count). The SMILES string of the molecule is CC/C=C/C=C/C=C/C=C/CCCCCCCC. The Morgan fingerprint density at radius 1 is 0.556 bits per heavy atom. The summed E-state index contributed by atoms with van der Waals surface area (Å²) in [6.07, 6.45) is 27.6. The van der Waals surface area contributed by atoms with Crippen LogP contribution in [0.5, 0.6) is 0 Å². The lowest BCUT2D eigenvalue weighted by atomic mass is 10.1. The van der Waals surface area contributed by atoms with Crippen LogP contribution in [0.25, 0.3) is 0 Å². The summed E-state index contributed by atoms with van der Waals surface area (Å²) < 4.78 is 0. The second kappa shape index (κ2) is 16.0. The second-order valence-electron chi connectivity index (χ2n) is 4.59. The van der Waals surface area contributed by atoms with Crippen LogP contribution in [-0.2, 0) is 0 Å². The largest absolute Gasteiger partial charge is 0.0848 e. The summed E-state index contributed by atoms with van der Waals surface area (Å²) in [7, 11) is 0. The summed E-state index contributed by atoms with van der Waals surface area (Å²) in [5.41, 5.74) is 0. The fourth-order valence-corrected chi connectivity index (χ4v) is 1.69. The van der Waals surface area contributed by atoms with E-state index in [9.17, 15) is 0 Å². The highest BCUT2D eigenvalue weighted by atomic mass is 13.9. The molecule has 0 heteroatoms. The monoisotopic (exact) mass is 246 g/mol. The Hall–Kier alpha value is -1.04. The molecule has 0 spiro atoms. The van der Waals surface area contributed by atoms with Crippen LogP contribution in [0.4, 0.5) is 0 Å². The van der Waals surface area contributed by atoms with E-state index in [1.807, 2.05) is 0 Å². The van der Waals surface area contributed by atoms with Crippen LogP contribution in [-0.4, -0.2) is 0 Å². The number of hydrogen-bond donors (Lipinski definition) is 0. The van der Waals surface area contributed by atoms with Gasteiger partial charge >= 0.3 is 0 Å². The van der Waals surface area contributed by atoms with Crippen molar-refractivity contribution in [1.82, 2.24) is 0 Å². The van der Waals surface area contributed by atoms with E-state index in [2.05, 4.69) is 62.5 Å². The van der Waals surface area contributed by atoms with Gasteiger partial charge in [0.15, 0.2) is 0 Å². The average Bonchev–Trinajstić information content (AvgIpc) is 2.39. The Labute approximate surface area is 114 Å². The van der Waals surface area contributed by atoms with Crippen molar-refractivity contribution in [2.24, 2.45) is 0 Å². The molecule has 0 atom stereocenters. The number of hydrogen-bond acceptors (Lipinski definition) is 0. The van der Waals surface area contributed by atoms with Crippen molar-refractivity contribution in [3.05, 3.63) is 48.6 Å². The predicted octanol–water partition coefficient (Wildman–Crippen LogP) is 6.37. The van der Waals surface area contributed by atoms with Crippen molar-refractivity contribution >= 4 is 0 Å². The van der Waals surface area contributed by atoms with E-state index in [4.69, 9.17) is 0 Å². The molecule has 0 aliphatic heterocycles. The summed E-state index contributed by atoms with van der Waals surface area (Å²) in [6.45, 7) is 4.41. The molecule has 102 valence electrons. The zero-order valence-electron chi connectivity index (χ0n) is 12.3. The molecular formula is C18H30. The van der Waals surface area contributed by atoms with E-state index in [0.717, 1.165) is 6.42 Å². The van der Waals surface area contributed by atoms with Gasteiger partial charge in [-0.05, 0) is 19.3 Å². The third-order valence-corrected chi connectivity index (χ3v) is 2.79. The van der Waals surface area contributed by atoms with Gasteiger partial charge in [-0.1, -0.05) is 94.6 Å². The van der Waals surface area contributed by atoms with Crippen LogP contribution in [0.3, 0.4) is 0 Å². The molecular weight excluding hydrogens is 216 g/mol. The molecule has 0 aromatic carbocycles. The average molecular weight is 246 g/mol. The molecule has 0 aromatic rings. The van der Waals surface area contributed by atoms with E-state index >= 15 is 0 Å². The summed E-state index contributed by atoms with van der Waals surface area (Å²) >= 11 is 0. The summed E-state index contributed by atoms with van der Waals surface area (Å²) in [6, 6.07) is 0. The Kier molecular flexibility index (Phi) is 15.0. The molecule has 0 unspecified atom stereocenters. The van der Waals surface area contributed by atoms with E-state index in [0.29, 0.717) is 0 Å². The third-order valence-electron chi connectivity index (χ3n) is 2.79. The summed E-state index contributed by atoms with van der Waals surface area (Å²) in [4.78, 5) is 0. The summed E-state index contributed by atoms with van der Waals surface area (Å²) in [5.74, 6) is 0. The standard InChI is InChI=1S/C18H30/c1-3-5-7-9-11-13-15-17-18-16-14-12-10-8-6-4-2/h5,7,9,11,13,15,17-18H,3-4,6,8,10,12,14,16H2,1-2H3/b7-5+,11-9+,15-13+,18-17+. The van der Waals surface area contributed by atoms with Crippen LogP contribution in [0.2, 0.25) is 0 Å². The van der Waals surface area contributed by atoms with Gasteiger partial charge in [0.05, 0.1) is 0 Å². The van der Waals surface area contributed by atoms with Gasteiger partial charge in [0, 0.05) is 0 Å². The number of unbranched alkanes of at least 4 members (excludes halogenated alkanes) is 6. The van der Waals surface area contributed by atoms with Crippen molar-refractivity contribution in [2.75, 3.05) is 0 Å². The first kappa shape index (κ1) is 17.0. The first-order valence-electron chi connectivity index (χ1n) is 7.56. The van der Waals surface area contributed by atoms with Crippen molar-refractivity contribution < 1.29 is 0 Å². The van der Waals surface area contributed by atoms with Crippen LogP contribution < -0.4 is 0 Å². The molecule has 18 heavy (non-hydrogen) atoms. The third kappa shape index (κ3) is 15.0. The first-order chi connectivity index (χ1) is 8.91. The van der Waals surface area contributed by atoms with Crippen LogP contribution in [0.15, 0.2) is 48.6 Å². The molecule has 0 heterocycles.